The van der Waals surface area contributed by atoms with Crippen LogP contribution in [0.15, 0.2) is 38.9 Å². The van der Waals surface area contributed by atoms with Crippen LogP contribution < -0.4 is 21.9 Å². The summed E-state index contributed by atoms with van der Waals surface area (Å²) < 4.78 is 0. The highest BCUT2D eigenvalue weighted by Gasteiger charge is 2.22. The first kappa shape index (κ1) is 22.8. The summed E-state index contributed by atoms with van der Waals surface area (Å²) in [6.45, 7) is 0.406. The van der Waals surface area contributed by atoms with Gasteiger partial charge in [0, 0.05) is 28.3 Å². The number of nitrogens with two attached hydrogens (primary N) is 1. The SMILES string of the molecule is Nc1nc2c(c(=O)[nH]1)N=C(CSc1ccc(C(=O)N[C@@H](CCC(=O)O)C(=O)O)cc1)CN2. The first-order chi connectivity index (χ1) is 15.2. The van der Waals surface area contributed by atoms with Crippen molar-refractivity contribution in [1.82, 2.24) is 15.3 Å². The average Bonchev–Trinajstić information content (AvgIpc) is 2.75. The summed E-state index contributed by atoms with van der Waals surface area (Å²) in [5.74, 6) is -2.22. The molecule has 12 nitrogen and oxygen atoms in total. The number of nitrogens with one attached hydrogen (secondary N) is 3. The van der Waals surface area contributed by atoms with Gasteiger partial charge in [0.15, 0.2) is 11.5 Å². The number of aromatic amines is 1. The van der Waals surface area contributed by atoms with Gasteiger partial charge >= 0.3 is 11.9 Å². The number of hydrogen-bond donors (Lipinski definition) is 6. The third-order valence-corrected chi connectivity index (χ3v) is 5.50. The lowest BCUT2D eigenvalue weighted by Gasteiger charge is -2.16. The maximum Gasteiger partial charge on any atom is 0.326 e. The number of carbonyl (C=O) groups is 3. The van der Waals surface area contributed by atoms with Gasteiger partial charge in [-0.3, -0.25) is 19.4 Å². The molecule has 1 aliphatic rings. The largest absolute Gasteiger partial charge is 0.481 e. The van der Waals surface area contributed by atoms with Gasteiger partial charge in [-0.05, 0) is 30.7 Å². The molecule has 13 heteroatoms. The van der Waals surface area contributed by atoms with Crippen LogP contribution in [0.4, 0.5) is 17.5 Å². The van der Waals surface area contributed by atoms with E-state index in [0.717, 1.165) is 10.6 Å². The molecule has 7 N–H and O–H groups in total. The fourth-order valence-electron chi connectivity index (χ4n) is 2.81. The number of thioether (sulfide) groups is 1. The second kappa shape index (κ2) is 9.96. The number of aliphatic imine (C=N–C) groups is 1. The molecule has 0 unspecified atom stereocenters. The first-order valence-electron chi connectivity index (χ1n) is 9.41. The van der Waals surface area contributed by atoms with Crippen LogP contribution >= 0.6 is 11.8 Å². The summed E-state index contributed by atoms with van der Waals surface area (Å²) in [4.78, 5) is 57.7. The van der Waals surface area contributed by atoms with E-state index >= 15 is 0 Å². The summed E-state index contributed by atoms with van der Waals surface area (Å²) in [6.07, 6.45) is -0.583. The van der Waals surface area contributed by atoms with E-state index in [9.17, 15) is 19.2 Å². The Kier molecular flexibility index (Phi) is 7.10. The predicted octanol–water partition coefficient (Wildman–Crippen LogP) is 0.690. The molecule has 1 aromatic carbocycles. The van der Waals surface area contributed by atoms with Gasteiger partial charge in [0.05, 0.1) is 6.54 Å². The van der Waals surface area contributed by atoms with Crippen molar-refractivity contribution in [3.05, 3.63) is 40.2 Å². The van der Waals surface area contributed by atoms with Crippen molar-refractivity contribution >= 4 is 52.8 Å². The van der Waals surface area contributed by atoms with Crippen molar-refractivity contribution in [2.45, 2.75) is 23.8 Å². The van der Waals surface area contributed by atoms with E-state index in [1.54, 1.807) is 24.3 Å². The zero-order chi connectivity index (χ0) is 23.3. The van der Waals surface area contributed by atoms with E-state index in [-0.39, 0.29) is 30.0 Å². The number of hydrogen-bond acceptors (Lipinski definition) is 9. The quantitative estimate of drug-likeness (QED) is 0.289. The van der Waals surface area contributed by atoms with Crippen molar-refractivity contribution in [2.24, 2.45) is 4.99 Å². The second-order valence-electron chi connectivity index (χ2n) is 6.79. The zero-order valence-corrected chi connectivity index (χ0v) is 17.4. The summed E-state index contributed by atoms with van der Waals surface area (Å²) in [7, 11) is 0. The maximum absolute atomic E-state index is 12.3. The molecular formula is C19H20N6O6S. The number of H-pyrrole nitrogens is 1. The Hall–Kier alpha value is -3.87. The lowest BCUT2D eigenvalue weighted by molar-refractivity contribution is -0.140. The number of carboxylic acids is 2. The number of aromatic nitrogens is 2. The smallest absolute Gasteiger partial charge is 0.326 e. The standard InChI is InChI=1S/C19H20N6O6S/c20-19-24-15-14(17(29)25-19)22-10(7-21-15)8-32-11-3-1-9(2-4-11)16(28)23-12(18(30)31)5-6-13(26)27/h1-4,12H,5-8H2,(H,23,28)(H,26,27)(H,30,31)(H4,20,21,24,25,29)/t12-/m0/s1. The molecule has 0 aliphatic carbocycles. The molecule has 2 heterocycles. The minimum absolute atomic E-state index is 0.00922. The topological polar surface area (TPSA) is 200 Å². The molecule has 0 bridgehead atoms. The van der Waals surface area contributed by atoms with Crippen LogP contribution in [0, 0.1) is 0 Å². The van der Waals surface area contributed by atoms with Gasteiger partial charge in [0.1, 0.15) is 6.04 Å². The average molecular weight is 460 g/mol. The molecule has 0 fully saturated rings. The highest BCUT2D eigenvalue weighted by atomic mass is 32.2. The fourth-order valence-corrected chi connectivity index (χ4v) is 3.64. The van der Waals surface area contributed by atoms with Crippen LogP contribution in [0.3, 0.4) is 0 Å². The highest BCUT2D eigenvalue weighted by molar-refractivity contribution is 8.00. The Morgan fingerprint density at radius 3 is 2.59 bits per heavy atom. The number of nitrogens with zero attached hydrogens (tertiary/aromatic N) is 2. The molecule has 1 atom stereocenters. The van der Waals surface area contributed by atoms with Crippen molar-refractivity contribution in [1.29, 1.82) is 0 Å². The Bertz CT molecular complexity index is 1130. The van der Waals surface area contributed by atoms with Gasteiger partial charge < -0.3 is 26.6 Å². The summed E-state index contributed by atoms with van der Waals surface area (Å²) in [6, 6.07) is 5.20. The van der Waals surface area contributed by atoms with Crippen LogP contribution in [0.5, 0.6) is 0 Å². The van der Waals surface area contributed by atoms with Crippen LogP contribution in [0.25, 0.3) is 0 Å². The zero-order valence-electron chi connectivity index (χ0n) is 16.6. The molecule has 3 rings (SSSR count). The van der Waals surface area contributed by atoms with Gasteiger partial charge in [-0.2, -0.15) is 4.98 Å². The Morgan fingerprint density at radius 1 is 1.22 bits per heavy atom. The number of fused-ring (bicyclic) bond motifs is 1. The number of anilines is 2. The predicted molar refractivity (Wildman–Crippen MR) is 118 cm³/mol. The van der Waals surface area contributed by atoms with E-state index in [4.69, 9.17) is 15.9 Å². The first-order valence-corrected chi connectivity index (χ1v) is 10.4. The third-order valence-electron chi connectivity index (χ3n) is 4.42. The lowest BCUT2D eigenvalue weighted by atomic mass is 10.1. The van der Waals surface area contributed by atoms with Crippen LogP contribution in [-0.2, 0) is 9.59 Å². The molecule has 1 amide bonds. The number of aliphatic carboxylic acids is 2. The summed E-state index contributed by atoms with van der Waals surface area (Å²) >= 11 is 1.44. The molecule has 32 heavy (non-hydrogen) atoms. The molecule has 0 saturated heterocycles. The number of benzene rings is 1. The highest BCUT2D eigenvalue weighted by Crippen LogP contribution is 2.24. The van der Waals surface area contributed by atoms with Gasteiger partial charge in [-0.15, -0.1) is 11.8 Å². The van der Waals surface area contributed by atoms with E-state index in [1.807, 2.05) is 0 Å². The Labute approximate surface area is 185 Å². The Balaban J connectivity index is 1.59. The summed E-state index contributed by atoms with van der Waals surface area (Å²) in [5.41, 5.74) is 6.23. The molecule has 0 radical (unpaired) electrons. The normalized spacial score (nSPS) is 13.3. The van der Waals surface area contributed by atoms with Gasteiger partial charge in [0.2, 0.25) is 5.95 Å². The maximum atomic E-state index is 12.3. The van der Waals surface area contributed by atoms with Crippen LogP contribution in [0.2, 0.25) is 0 Å². The van der Waals surface area contributed by atoms with E-state index in [2.05, 4.69) is 25.6 Å². The van der Waals surface area contributed by atoms with Crippen molar-refractivity contribution in [3.63, 3.8) is 0 Å². The molecule has 2 aromatic rings. The van der Waals surface area contributed by atoms with Crippen molar-refractivity contribution in [2.75, 3.05) is 23.3 Å². The van der Waals surface area contributed by atoms with Gasteiger partial charge in [-0.25, -0.2) is 9.79 Å². The van der Waals surface area contributed by atoms with Crippen LogP contribution in [-0.4, -0.2) is 62.1 Å². The lowest BCUT2D eigenvalue weighted by Crippen LogP contribution is -2.41. The fraction of sp³-hybridized carbons (Fsp3) is 0.263. The number of carboxylic acid groups (broad SMARTS) is 2. The summed E-state index contributed by atoms with van der Waals surface area (Å²) in [5, 5.41) is 23.2. The monoisotopic (exact) mass is 460 g/mol. The number of amides is 1. The number of carbonyl (C=O) groups excluding carboxylic acids is 1. The Morgan fingerprint density at radius 2 is 1.94 bits per heavy atom. The molecule has 0 spiro atoms. The molecular weight excluding hydrogens is 440 g/mol. The van der Waals surface area contributed by atoms with E-state index in [1.165, 1.54) is 11.8 Å². The van der Waals surface area contributed by atoms with Gasteiger partial charge in [-0.1, -0.05) is 0 Å². The minimum Gasteiger partial charge on any atom is -0.481 e. The second-order valence-corrected chi connectivity index (χ2v) is 7.84. The van der Waals surface area contributed by atoms with E-state index < -0.39 is 29.4 Å². The molecule has 1 aliphatic heterocycles. The number of nitrogen functional groups attached to an aromatic ring is 1. The van der Waals surface area contributed by atoms with Crippen molar-refractivity contribution < 1.29 is 24.6 Å². The van der Waals surface area contributed by atoms with Gasteiger partial charge in [0.25, 0.3) is 11.5 Å². The molecule has 1 aromatic heterocycles. The third kappa shape index (κ3) is 5.85. The van der Waals surface area contributed by atoms with Crippen LogP contribution in [0.1, 0.15) is 23.2 Å². The van der Waals surface area contributed by atoms with Crippen molar-refractivity contribution in [3.8, 4) is 0 Å². The van der Waals surface area contributed by atoms with E-state index in [0.29, 0.717) is 18.1 Å². The minimum atomic E-state index is -1.30. The number of rotatable bonds is 9. The molecule has 168 valence electrons. The molecule has 0 saturated carbocycles.